The predicted octanol–water partition coefficient (Wildman–Crippen LogP) is 1.61. The van der Waals surface area contributed by atoms with Crippen molar-refractivity contribution >= 4 is 17.7 Å². The van der Waals surface area contributed by atoms with Crippen LogP contribution in [0, 0.1) is 5.92 Å². The summed E-state index contributed by atoms with van der Waals surface area (Å²) in [6.07, 6.45) is 5.41. The fraction of sp³-hybridized carbons (Fsp3) is 0.379. The van der Waals surface area contributed by atoms with E-state index in [1.54, 1.807) is 64.0 Å². The number of amides is 3. The van der Waals surface area contributed by atoms with Crippen molar-refractivity contribution in [2.75, 3.05) is 40.3 Å². The molecule has 0 radical (unpaired) electrons. The topological polar surface area (TPSA) is 150 Å². The number of carbonyl (C=O) groups is 3. The molecule has 1 saturated heterocycles. The lowest BCUT2D eigenvalue weighted by Crippen LogP contribution is -2.37. The Hall–Kier alpha value is -5.14. The standard InChI is InChI=1S/C29H32N8O6/c1-34-12-10-30-26(38)13-19-14-35(29(40)25-8-7-21(43-25)16-36-11-4-9-31-36)17-23(19)37-15-20(32-33-37)18-42-27-22(28(34)39)5-3-6-24(27)41-2/h3-9,11,15,19,23H,10,12-14,16-18H2,1-2H3,(H,30,38)/t19-,23+/m0/s1. The summed E-state index contributed by atoms with van der Waals surface area (Å²) in [5.74, 6) is 0.599. The molecule has 0 aliphatic carbocycles. The zero-order chi connectivity index (χ0) is 29.9. The maximum absolute atomic E-state index is 13.5. The third-order valence-electron chi connectivity index (χ3n) is 7.70. The van der Waals surface area contributed by atoms with Gasteiger partial charge in [0.1, 0.15) is 18.1 Å². The fourth-order valence-corrected chi connectivity index (χ4v) is 5.47. The van der Waals surface area contributed by atoms with Gasteiger partial charge in [-0.15, -0.1) is 5.10 Å². The number of aromatic nitrogens is 5. The first-order valence-corrected chi connectivity index (χ1v) is 14.0. The molecule has 1 aromatic carbocycles. The van der Waals surface area contributed by atoms with E-state index < -0.39 is 0 Å². The van der Waals surface area contributed by atoms with Crippen LogP contribution >= 0.6 is 0 Å². The Balaban J connectivity index is 1.24. The van der Waals surface area contributed by atoms with Crippen molar-refractivity contribution < 1.29 is 28.3 Å². The molecular formula is C29H32N8O6. The molecule has 1 fully saturated rings. The predicted molar refractivity (Wildman–Crippen MR) is 150 cm³/mol. The van der Waals surface area contributed by atoms with Gasteiger partial charge in [0.05, 0.1) is 31.5 Å². The molecule has 3 aromatic heterocycles. The Bertz CT molecular complexity index is 1610. The van der Waals surface area contributed by atoms with Crippen LogP contribution in [0.3, 0.4) is 0 Å². The quantitative estimate of drug-likeness (QED) is 0.375. The van der Waals surface area contributed by atoms with Gasteiger partial charge in [-0.2, -0.15) is 5.10 Å². The summed E-state index contributed by atoms with van der Waals surface area (Å²) in [5, 5.41) is 15.7. The minimum absolute atomic E-state index is 0.0380. The van der Waals surface area contributed by atoms with Crippen LogP contribution in [0.1, 0.15) is 44.8 Å². The summed E-state index contributed by atoms with van der Waals surface area (Å²) in [5.41, 5.74) is 0.857. The van der Waals surface area contributed by atoms with Gasteiger partial charge < -0.3 is 29.0 Å². The molecule has 0 saturated carbocycles. The molecular weight excluding hydrogens is 556 g/mol. The van der Waals surface area contributed by atoms with E-state index in [9.17, 15) is 14.4 Å². The number of methoxy groups -OCH3 is 1. The van der Waals surface area contributed by atoms with Gasteiger partial charge in [-0.05, 0) is 30.3 Å². The highest BCUT2D eigenvalue weighted by Crippen LogP contribution is 2.34. The fourth-order valence-electron chi connectivity index (χ4n) is 5.47. The molecule has 224 valence electrons. The lowest BCUT2D eigenvalue weighted by molar-refractivity contribution is -0.122. The number of furan rings is 1. The molecule has 2 bridgehead atoms. The minimum atomic E-state index is -0.298. The Morgan fingerprint density at radius 3 is 2.86 bits per heavy atom. The van der Waals surface area contributed by atoms with Gasteiger partial charge in [0, 0.05) is 58.0 Å². The second-order valence-electron chi connectivity index (χ2n) is 10.6. The molecule has 14 heteroatoms. The van der Waals surface area contributed by atoms with E-state index >= 15 is 0 Å². The number of likely N-dealkylation sites (tertiary alicyclic amines) is 1. The Morgan fingerprint density at radius 2 is 2.05 bits per heavy atom. The van der Waals surface area contributed by atoms with Crippen molar-refractivity contribution in [2.24, 2.45) is 5.92 Å². The normalized spacial score (nSPS) is 19.4. The third kappa shape index (κ3) is 5.94. The first-order chi connectivity index (χ1) is 20.9. The molecule has 0 unspecified atom stereocenters. The Morgan fingerprint density at radius 1 is 1.16 bits per heavy atom. The molecule has 2 aliphatic rings. The van der Waals surface area contributed by atoms with Crippen molar-refractivity contribution in [3.05, 3.63) is 77.8 Å². The van der Waals surface area contributed by atoms with Crippen molar-refractivity contribution in [3.8, 4) is 11.5 Å². The molecule has 14 nitrogen and oxygen atoms in total. The van der Waals surface area contributed by atoms with Gasteiger partial charge in [0.15, 0.2) is 17.3 Å². The van der Waals surface area contributed by atoms with E-state index in [1.165, 1.54) is 12.0 Å². The van der Waals surface area contributed by atoms with Crippen LogP contribution in [-0.2, 0) is 17.9 Å². The molecule has 3 amide bonds. The van der Waals surface area contributed by atoms with E-state index in [1.807, 2.05) is 12.3 Å². The molecule has 2 atom stereocenters. The number of carbonyl (C=O) groups excluding carboxylic acids is 3. The lowest BCUT2D eigenvalue weighted by atomic mass is 9.99. The number of nitrogens with one attached hydrogen (secondary N) is 1. The molecule has 4 aromatic rings. The number of likely N-dealkylation sites (N-methyl/N-ethyl adjacent to an activating group) is 1. The minimum Gasteiger partial charge on any atom is -0.493 e. The number of nitrogens with zero attached hydrogens (tertiary/aromatic N) is 7. The summed E-state index contributed by atoms with van der Waals surface area (Å²) >= 11 is 0. The molecule has 6 rings (SSSR count). The monoisotopic (exact) mass is 588 g/mol. The number of para-hydroxylation sites is 1. The van der Waals surface area contributed by atoms with Gasteiger partial charge in [-0.3, -0.25) is 19.1 Å². The molecule has 2 aliphatic heterocycles. The summed E-state index contributed by atoms with van der Waals surface area (Å²) in [6.45, 7) is 1.66. The maximum atomic E-state index is 13.5. The number of benzene rings is 1. The number of rotatable bonds is 4. The Kier molecular flexibility index (Phi) is 7.81. The van der Waals surface area contributed by atoms with Crippen LogP contribution in [0.25, 0.3) is 0 Å². The summed E-state index contributed by atoms with van der Waals surface area (Å²) in [4.78, 5) is 42.9. The second-order valence-corrected chi connectivity index (χ2v) is 10.6. The van der Waals surface area contributed by atoms with Crippen LogP contribution in [0.15, 0.2) is 59.4 Å². The van der Waals surface area contributed by atoms with E-state index in [0.717, 1.165) is 0 Å². The Labute approximate surface area is 247 Å². The summed E-state index contributed by atoms with van der Waals surface area (Å²) in [6, 6.07) is 10.1. The van der Waals surface area contributed by atoms with Crippen LogP contribution < -0.4 is 14.8 Å². The first-order valence-electron chi connectivity index (χ1n) is 14.0. The summed E-state index contributed by atoms with van der Waals surface area (Å²) < 4.78 is 20.8. The second kappa shape index (κ2) is 12.0. The SMILES string of the molecule is COc1cccc2c1OCc1cn(nn1)[C@@H]1CN(C(=O)c3ccc(Cn4cccn4)o3)C[C@@H]1CC(=O)NCCN(C)C2=O. The highest BCUT2D eigenvalue weighted by Gasteiger charge is 2.39. The number of ether oxygens (including phenoxy) is 2. The van der Waals surface area contributed by atoms with Crippen LogP contribution in [0.4, 0.5) is 0 Å². The molecule has 5 heterocycles. The van der Waals surface area contributed by atoms with Crippen LogP contribution in [-0.4, -0.2) is 92.6 Å². The average molecular weight is 589 g/mol. The smallest absolute Gasteiger partial charge is 0.289 e. The van der Waals surface area contributed by atoms with Gasteiger partial charge >= 0.3 is 0 Å². The number of hydrogen-bond acceptors (Lipinski definition) is 9. The maximum Gasteiger partial charge on any atom is 0.289 e. The zero-order valence-electron chi connectivity index (χ0n) is 23.9. The van der Waals surface area contributed by atoms with Crippen LogP contribution in [0.2, 0.25) is 0 Å². The van der Waals surface area contributed by atoms with Crippen molar-refractivity contribution in [1.29, 1.82) is 0 Å². The lowest BCUT2D eigenvalue weighted by Gasteiger charge is -2.21. The van der Waals surface area contributed by atoms with Crippen molar-refractivity contribution in [2.45, 2.75) is 25.6 Å². The van der Waals surface area contributed by atoms with Gasteiger partial charge in [0.25, 0.3) is 11.8 Å². The van der Waals surface area contributed by atoms with Crippen molar-refractivity contribution in [1.82, 2.24) is 39.9 Å². The number of fused-ring (bicyclic) bond motifs is 5. The zero-order valence-corrected chi connectivity index (χ0v) is 23.9. The summed E-state index contributed by atoms with van der Waals surface area (Å²) in [7, 11) is 3.17. The number of hydrogen-bond donors (Lipinski definition) is 1. The van der Waals surface area contributed by atoms with E-state index in [4.69, 9.17) is 13.9 Å². The van der Waals surface area contributed by atoms with E-state index in [0.29, 0.717) is 54.7 Å². The third-order valence-corrected chi connectivity index (χ3v) is 7.70. The average Bonchev–Trinajstić information content (AvgIpc) is 3.83. The highest BCUT2D eigenvalue weighted by molar-refractivity contribution is 5.97. The largest absolute Gasteiger partial charge is 0.493 e. The van der Waals surface area contributed by atoms with E-state index in [2.05, 4.69) is 20.7 Å². The van der Waals surface area contributed by atoms with Crippen LogP contribution in [0.5, 0.6) is 11.5 Å². The van der Waals surface area contributed by atoms with Gasteiger partial charge in [-0.25, -0.2) is 4.68 Å². The molecule has 0 spiro atoms. The van der Waals surface area contributed by atoms with Crippen molar-refractivity contribution in [3.63, 3.8) is 0 Å². The first kappa shape index (κ1) is 28.0. The highest BCUT2D eigenvalue weighted by atomic mass is 16.5. The molecule has 43 heavy (non-hydrogen) atoms. The van der Waals surface area contributed by atoms with Gasteiger partial charge in [0.2, 0.25) is 5.91 Å². The molecule has 1 N–H and O–H groups in total. The van der Waals surface area contributed by atoms with Gasteiger partial charge in [-0.1, -0.05) is 11.3 Å². The van der Waals surface area contributed by atoms with E-state index in [-0.39, 0.29) is 55.0 Å².